The molecule has 0 bridgehead atoms. The highest BCUT2D eigenvalue weighted by Crippen LogP contribution is 2.37. The summed E-state index contributed by atoms with van der Waals surface area (Å²) in [5, 5.41) is 3.95. The number of rotatable bonds is 3. The third-order valence-corrected chi connectivity index (χ3v) is 5.45. The predicted molar refractivity (Wildman–Crippen MR) is 89.5 cm³/mol. The van der Waals surface area contributed by atoms with Crippen molar-refractivity contribution in [3.8, 4) is 0 Å². The number of fused-ring (bicyclic) bond motifs is 1. The second-order valence-electron chi connectivity index (χ2n) is 7.06. The molecule has 25 heavy (non-hydrogen) atoms. The van der Waals surface area contributed by atoms with E-state index in [0.717, 1.165) is 17.5 Å². The van der Waals surface area contributed by atoms with Crippen molar-refractivity contribution in [3.63, 3.8) is 0 Å². The Morgan fingerprint density at radius 2 is 1.96 bits per heavy atom. The van der Waals surface area contributed by atoms with Crippen LogP contribution in [0.5, 0.6) is 0 Å². The third-order valence-electron chi connectivity index (χ3n) is 5.45. The monoisotopic (exact) mass is 380 g/mol. The van der Waals surface area contributed by atoms with Gasteiger partial charge < -0.3 is 10.6 Å². The van der Waals surface area contributed by atoms with Crippen molar-refractivity contribution >= 4 is 18.3 Å². The lowest BCUT2D eigenvalue weighted by Gasteiger charge is -2.19. The van der Waals surface area contributed by atoms with Gasteiger partial charge in [-0.05, 0) is 38.5 Å². The zero-order chi connectivity index (χ0) is 17.6. The molecule has 2 heterocycles. The van der Waals surface area contributed by atoms with Gasteiger partial charge in [0.15, 0.2) is 0 Å². The number of nitrogens with two attached hydrogens (primary N) is 1. The van der Waals surface area contributed by atoms with Gasteiger partial charge in [-0.15, -0.1) is 12.4 Å². The summed E-state index contributed by atoms with van der Waals surface area (Å²) >= 11 is 0. The number of hydrogen-bond acceptors (Lipinski definition) is 3. The molecule has 3 atom stereocenters. The molecule has 9 heteroatoms. The van der Waals surface area contributed by atoms with Crippen LogP contribution in [-0.2, 0) is 17.8 Å². The quantitative estimate of drug-likeness (QED) is 0.874. The van der Waals surface area contributed by atoms with E-state index in [0.29, 0.717) is 41.9 Å². The molecule has 2 fully saturated rings. The number of halogens is 4. The number of nitrogens with zero attached hydrogens (tertiary/aromatic N) is 3. The topological polar surface area (TPSA) is 64.2 Å². The van der Waals surface area contributed by atoms with Crippen LogP contribution >= 0.6 is 12.4 Å². The van der Waals surface area contributed by atoms with Crippen molar-refractivity contribution in [2.45, 2.75) is 51.9 Å². The van der Waals surface area contributed by atoms with Crippen molar-refractivity contribution in [1.82, 2.24) is 14.7 Å². The summed E-state index contributed by atoms with van der Waals surface area (Å²) in [7, 11) is 0. The van der Waals surface area contributed by atoms with Gasteiger partial charge in [-0.1, -0.05) is 0 Å². The van der Waals surface area contributed by atoms with Gasteiger partial charge in [-0.2, -0.15) is 18.3 Å². The number of aromatic nitrogens is 2. The summed E-state index contributed by atoms with van der Waals surface area (Å²) in [5.74, 6) is 0.789. The first-order valence-corrected chi connectivity index (χ1v) is 8.28. The van der Waals surface area contributed by atoms with Gasteiger partial charge in [0.25, 0.3) is 0 Å². The minimum absolute atomic E-state index is 0. The molecule has 2 aliphatic rings. The standard InChI is InChI=1S/C16H23F3N4O.ClH/c1-9-12(10(2)23(21-9)8-16(17,18)19)5-15(24)22-6-11-3-4-14(20)13(11)7-22;/h11,13-14H,3-8,20H2,1-2H3;1H. The molecule has 1 aromatic heterocycles. The number of amides is 1. The van der Waals surface area contributed by atoms with E-state index in [1.165, 1.54) is 0 Å². The maximum Gasteiger partial charge on any atom is 0.408 e. The van der Waals surface area contributed by atoms with E-state index in [9.17, 15) is 18.0 Å². The SMILES string of the molecule is Cc1nn(CC(F)(F)F)c(C)c1CC(=O)N1CC2CCC(N)C2C1.Cl. The second kappa shape index (κ2) is 7.15. The second-order valence-corrected chi connectivity index (χ2v) is 7.06. The molecule has 0 spiro atoms. The van der Waals surface area contributed by atoms with E-state index in [1.54, 1.807) is 13.8 Å². The summed E-state index contributed by atoms with van der Waals surface area (Å²) in [4.78, 5) is 14.4. The minimum atomic E-state index is -4.33. The number of aryl methyl sites for hydroxylation is 1. The molecule has 1 saturated heterocycles. The average Bonchev–Trinajstić information content (AvgIpc) is 3.10. The van der Waals surface area contributed by atoms with Crippen LogP contribution in [0.3, 0.4) is 0 Å². The smallest absolute Gasteiger partial charge is 0.342 e. The molecule has 142 valence electrons. The van der Waals surface area contributed by atoms with E-state index in [4.69, 9.17) is 5.73 Å². The number of likely N-dealkylation sites (tertiary alicyclic amines) is 1. The molecular formula is C16H24ClF3N4O. The first-order chi connectivity index (χ1) is 11.2. The first-order valence-electron chi connectivity index (χ1n) is 8.28. The summed E-state index contributed by atoms with van der Waals surface area (Å²) in [6.45, 7) is 3.49. The Morgan fingerprint density at radius 3 is 2.56 bits per heavy atom. The zero-order valence-corrected chi connectivity index (χ0v) is 15.2. The van der Waals surface area contributed by atoms with Crippen LogP contribution in [0.25, 0.3) is 0 Å². The van der Waals surface area contributed by atoms with Crippen LogP contribution in [0.1, 0.15) is 29.8 Å². The first kappa shape index (κ1) is 20.0. The minimum Gasteiger partial charge on any atom is -0.342 e. The average molecular weight is 381 g/mol. The zero-order valence-electron chi connectivity index (χ0n) is 14.3. The highest BCUT2D eigenvalue weighted by Gasteiger charge is 2.42. The Labute approximate surface area is 151 Å². The van der Waals surface area contributed by atoms with Crippen molar-refractivity contribution in [1.29, 1.82) is 0 Å². The summed E-state index contributed by atoms with van der Waals surface area (Å²) in [6.07, 6.45) is -2.16. The molecule has 2 N–H and O–H groups in total. The van der Waals surface area contributed by atoms with Crippen molar-refractivity contribution in [2.24, 2.45) is 17.6 Å². The lowest BCUT2D eigenvalue weighted by Crippen LogP contribution is -2.34. The molecule has 1 saturated carbocycles. The molecule has 3 rings (SSSR count). The molecule has 3 unspecified atom stereocenters. The van der Waals surface area contributed by atoms with Crippen LogP contribution in [-0.4, -0.2) is 45.9 Å². The van der Waals surface area contributed by atoms with Crippen LogP contribution in [0.15, 0.2) is 0 Å². The maximum atomic E-state index is 12.6. The molecule has 0 aromatic carbocycles. The van der Waals surface area contributed by atoms with Gasteiger partial charge in [0.05, 0.1) is 12.1 Å². The Hall–Kier alpha value is -1.28. The Balaban J connectivity index is 0.00000225. The Morgan fingerprint density at radius 1 is 1.28 bits per heavy atom. The Bertz CT molecular complexity index is 646. The number of carbonyl (C=O) groups excluding carboxylic acids is 1. The van der Waals surface area contributed by atoms with Gasteiger partial charge >= 0.3 is 6.18 Å². The normalized spacial score (nSPS) is 25.8. The largest absolute Gasteiger partial charge is 0.408 e. The lowest BCUT2D eigenvalue weighted by molar-refractivity contribution is -0.143. The van der Waals surface area contributed by atoms with E-state index in [1.807, 2.05) is 4.90 Å². The fraction of sp³-hybridized carbons (Fsp3) is 0.750. The number of hydrogen-bond donors (Lipinski definition) is 1. The molecule has 1 amide bonds. The van der Waals surface area contributed by atoms with E-state index < -0.39 is 12.7 Å². The summed E-state index contributed by atoms with van der Waals surface area (Å²) in [5.41, 5.74) is 7.59. The van der Waals surface area contributed by atoms with Gasteiger partial charge in [0.1, 0.15) is 6.54 Å². The highest BCUT2D eigenvalue weighted by atomic mass is 35.5. The predicted octanol–water partition coefficient (Wildman–Crippen LogP) is 2.22. The molecule has 5 nitrogen and oxygen atoms in total. The van der Waals surface area contributed by atoms with Crippen molar-refractivity contribution in [2.75, 3.05) is 13.1 Å². The van der Waals surface area contributed by atoms with E-state index in [2.05, 4.69) is 5.10 Å². The van der Waals surface area contributed by atoms with Crippen molar-refractivity contribution < 1.29 is 18.0 Å². The number of alkyl halides is 3. The van der Waals surface area contributed by atoms with Crippen molar-refractivity contribution in [3.05, 3.63) is 17.0 Å². The van der Waals surface area contributed by atoms with Crippen LogP contribution in [0, 0.1) is 25.7 Å². The highest BCUT2D eigenvalue weighted by molar-refractivity contribution is 5.85. The Kier molecular flexibility index (Phi) is 5.73. The molecule has 1 aromatic rings. The summed E-state index contributed by atoms with van der Waals surface area (Å²) < 4.78 is 38.7. The van der Waals surface area contributed by atoms with Crippen LogP contribution < -0.4 is 5.73 Å². The fourth-order valence-electron chi connectivity index (χ4n) is 4.09. The van der Waals surface area contributed by atoms with Gasteiger partial charge in [-0.3, -0.25) is 9.48 Å². The van der Waals surface area contributed by atoms with Gasteiger partial charge in [0, 0.05) is 30.4 Å². The molecule has 1 aliphatic heterocycles. The molecule has 0 radical (unpaired) electrons. The maximum absolute atomic E-state index is 12.6. The van der Waals surface area contributed by atoms with Crippen LogP contribution in [0.2, 0.25) is 0 Å². The van der Waals surface area contributed by atoms with E-state index in [-0.39, 0.29) is 30.8 Å². The van der Waals surface area contributed by atoms with E-state index >= 15 is 0 Å². The summed E-state index contributed by atoms with van der Waals surface area (Å²) in [6, 6.07) is 0.158. The third kappa shape index (κ3) is 4.11. The van der Waals surface area contributed by atoms with Gasteiger partial charge in [-0.25, -0.2) is 0 Å². The molecular weight excluding hydrogens is 357 g/mol. The van der Waals surface area contributed by atoms with Gasteiger partial charge in [0.2, 0.25) is 5.91 Å². The number of carbonyl (C=O) groups is 1. The van der Waals surface area contributed by atoms with Crippen LogP contribution in [0.4, 0.5) is 13.2 Å². The lowest BCUT2D eigenvalue weighted by atomic mass is 9.98. The molecule has 1 aliphatic carbocycles. The fourth-order valence-corrected chi connectivity index (χ4v) is 4.09.